The Morgan fingerprint density at radius 3 is 2.79 bits per heavy atom. The smallest absolute Gasteiger partial charge is 0.410 e. The van der Waals surface area contributed by atoms with E-state index in [4.69, 9.17) is 19.9 Å². The first-order valence-corrected chi connectivity index (χ1v) is 6.16. The number of nitrogens with zero attached hydrogens (tertiary/aromatic N) is 1. The fraction of sp³-hybridized carbons (Fsp3) is 0.462. The van der Waals surface area contributed by atoms with Gasteiger partial charge in [-0.05, 0) is 12.1 Å². The average molecular weight is 266 g/mol. The summed E-state index contributed by atoms with van der Waals surface area (Å²) in [6.45, 7) is 1.71. The number of rotatable bonds is 6. The van der Waals surface area contributed by atoms with Gasteiger partial charge in [-0.2, -0.15) is 0 Å². The molecule has 2 N–H and O–H groups in total. The van der Waals surface area contributed by atoms with Crippen LogP contribution in [-0.2, 0) is 4.74 Å². The maximum absolute atomic E-state index is 11.5. The zero-order valence-electron chi connectivity index (χ0n) is 10.9. The van der Waals surface area contributed by atoms with Gasteiger partial charge in [0.25, 0.3) is 0 Å². The quantitative estimate of drug-likeness (QED) is 0.826. The van der Waals surface area contributed by atoms with Crippen LogP contribution in [0.5, 0.6) is 11.5 Å². The van der Waals surface area contributed by atoms with E-state index in [0.717, 1.165) is 0 Å². The fourth-order valence-corrected chi connectivity index (χ4v) is 1.88. The van der Waals surface area contributed by atoms with Crippen LogP contribution < -0.4 is 15.2 Å². The molecule has 1 saturated heterocycles. The first kappa shape index (κ1) is 13.5. The Morgan fingerprint density at radius 2 is 2.16 bits per heavy atom. The van der Waals surface area contributed by atoms with E-state index in [-0.39, 0.29) is 12.2 Å². The number of carbonyl (C=O) groups excluding carboxylic acids is 1. The molecular weight excluding hydrogens is 248 g/mol. The lowest BCUT2D eigenvalue weighted by Crippen LogP contribution is -2.31. The molecule has 1 fully saturated rings. The molecule has 104 valence electrons. The highest BCUT2D eigenvalue weighted by molar-refractivity contribution is 5.69. The van der Waals surface area contributed by atoms with E-state index in [0.29, 0.717) is 37.7 Å². The number of hydrogen-bond acceptors (Lipinski definition) is 5. The van der Waals surface area contributed by atoms with Crippen molar-refractivity contribution in [1.29, 1.82) is 0 Å². The van der Waals surface area contributed by atoms with Crippen molar-refractivity contribution < 1.29 is 19.0 Å². The Labute approximate surface area is 112 Å². The molecule has 1 aliphatic rings. The highest BCUT2D eigenvalue weighted by Crippen LogP contribution is 2.25. The maximum atomic E-state index is 11.5. The van der Waals surface area contributed by atoms with E-state index >= 15 is 0 Å². The Morgan fingerprint density at radius 1 is 1.42 bits per heavy atom. The van der Waals surface area contributed by atoms with E-state index in [1.165, 1.54) is 0 Å². The minimum Gasteiger partial charge on any atom is -0.493 e. The van der Waals surface area contributed by atoms with Crippen LogP contribution in [0, 0.1) is 0 Å². The summed E-state index contributed by atoms with van der Waals surface area (Å²) in [5, 5.41) is 0. The number of cyclic esters (lactones) is 1. The summed E-state index contributed by atoms with van der Waals surface area (Å²) in [4.78, 5) is 13.1. The third-order valence-corrected chi connectivity index (χ3v) is 2.90. The highest BCUT2D eigenvalue weighted by atomic mass is 16.6. The van der Waals surface area contributed by atoms with Crippen LogP contribution in [0.25, 0.3) is 0 Å². The van der Waals surface area contributed by atoms with Gasteiger partial charge in [0.15, 0.2) is 11.5 Å². The van der Waals surface area contributed by atoms with Gasteiger partial charge in [-0.1, -0.05) is 12.1 Å². The zero-order chi connectivity index (χ0) is 13.7. The van der Waals surface area contributed by atoms with E-state index in [9.17, 15) is 4.79 Å². The number of amides is 1. The van der Waals surface area contributed by atoms with Crippen LogP contribution in [0.2, 0.25) is 0 Å². The van der Waals surface area contributed by atoms with Gasteiger partial charge in [0.2, 0.25) is 0 Å². The van der Waals surface area contributed by atoms with Gasteiger partial charge in [-0.3, -0.25) is 0 Å². The Balaban J connectivity index is 1.82. The fourth-order valence-electron chi connectivity index (χ4n) is 1.88. The molecular formula is C13H18N2O4. The first-order chi connectivity index (χ1) is 9.24. The first-order valence-electron chi connectivity index (χ1n) is 6.16. The molecule has 19 heavy (non-hydrogen) atoms. The number of nitrogens with two attached hydrogens (primary N) is 1. The Hall–Kier alpha value is -1.95. The normalized spacial score (nSPS) is 18.3. The average Bonchev–Trinajstić information content (AvgIpc) is 2.80. The lowest BCUT2D eigenvalue weighted by atomic mass is 10.3. The molecule has 0 bridgehead atoms. The van der Waals surface area contributed by atoms with Crippen molar-refractivity contribution in [3.05, 3.63) is 24.3 Å². The highest BCUT2D eigenvalue weighted by Gasteiger charge is 2.29. The lowest BCUT2D eigenvalue weighted by Gasteiger charge is -2.14. The number of para-hydroxylation sites is 2. The molecule has 2 rings (SSSR count). The molecule has 6 heteroatoms. The minimum absolute atomic E-state index is 0.209. The minimum atomic E-state index is -0.334. The van der Waals surface area contributed by atoms with Crippen molar-refractivity contribution in [1.82, 2.24) is 4.90 Å². The summed E-state index contributed by atoms with van der Waals surface area (Å²) in [7, 11) is 1.59. The second-order valence-electron chi connectivity index (χ2n) is 4.19. The predicted molar refractivity (Wildman–Crippen MR) is 69.4 cm³/mol. The number of benzene rings is 1. The molecule has 0 aromatic heterocycles. The number of ether oxygens (including phenoxy) is 3. The van der Waals surface area contributed by atoms with E-state index < -0.39 is 0 Å². The summed E-state index contributed by atoms with van der Waals surface area (Å²) >= 11 is 0. The standard InChI is InChI=1S/C13H18N2O4/c1-17-11-4-2-3-5-12(11)18-7-6-15-9-10(8-14)19-13(15)16/h2-5,10H,6-9,14H2,1H3. The van der Waals surface area contributed by atoms with Gasteiger partial charge in [0.05, 0.1) is 20.2 Å². The van der Waals surface area contributed by atoms with Crippen molar-refractivity contribution >= 4 is 6.09 Å². The van der Waals surface area contributed by atoms with Crippen molar-refractivity contribution in [2.75, 3.05) is 33.4 Å². The summed E-state index contributed by atoms with van der Waals surface area (Å²) in [6, 6.07) is 7.38. The Kier molecular flexibility index (Phi) is 4.46. The molecule has 1 aromatic carbocycles. The third kappa shape index (κ3) is 3.29. The molecule has 0 saturated carbocycles. The van der Waals surface area contributed by atoms with Crippen LogP contribution in [0.1, 0.15) is 0 Å². The maximum Gasteiger partial charge on any atom is 0.410 e. The molecule has 1 unspecified atom stereocenters. The topological polar surface area (TPSA) is 74.0 Å². The summed E-state index contributed by atoms with van der Waals surface area (Å²) < 4.78 is 15.8. The van der Waals surface area contributed by atoms with Gasteiger partial charge in [0.1, 0.15) is 12.7 Å². The number of hydrogen-bond donors (Lipinski definition) is 1. The molecule has 1 atom stereocenters. The van der Waals surface area contributed by atoms with Gasteiger partial charge in [-0.25, -0.2) is 4.79 Å². The summed E-state index contributed by atoms with van der Waals surface area (Å²) in [6.07, 6.45) is -0.544. The zero-order valence-corrected chi connectivity index (χ0v) is 10.9. The Bertz CT molecular complexity index is 438. The van der Waals surface area contributed by atoms with Gasteiger partial charge in [0, 0.05) is 6.54 Å². The second-order valence-corrected chi connectivity index (χ2v) is 4.19. The third-order valence-electron chi connectivity index (χ3n) is 2.90. The molecule has 1 heterocycles. The van der Waals surface area contributed by atoms with Gasteiger partial charge >= 0.3 is 6.09 Å². The van der Waals surface area contributed by atoms with Crippen LogP contribution in [0.4, 0.5) is 4.79 Å². The largest absolute Gasteiger partial charge is 0.493 e. The predicted octanol–water partition coefficient (Wildman–Crippen LogP) is 0.853. The molecule has 1 amide bonds. The second kappa shape index (κ2) is 6.29. The molecule has 0 radical (unpaired) electrons. The van der Waals surface area contributed by atoms with Crippen LogP contribution in [0.15, 0.2) is 24.3 Å². The molecule has 0 spiro atoms. The van der Waals surface area contributed by atoms with Crippen molar-refractivity contribution in [3.8, 4) is 11.5 Å². The SMILES string of the molecule is COc1ccccc1OCCN1CC(CN)OC1=O. The van der Waals surface area contributed by atoms with Crippen LogP contribution in [-0.4, -0.2) is 50.4 Å². The van der Waals surface area contributed by atoms with Crippen LogP contribution >= 0.6 is 0 Å². The monoisotopic (exact) mass is 266 g/mol. The molecule has 1 aromatic rings. The summed E-state index contributed by atoms with van der Waals surface area (Å²) in [5.41, 5.74) is 5.46. The van der Waals surface area contributed by atoms with Crippen LogP contribution in [0.3, 0.4) is 0 Å². The van der Waals surface area contributed by atoms with Gasteiger partial charge in [-0.15, -0.1) is 0 Å². The van der Waals surface area contributed by atoms with Crippen molar-refractivity contribution in [3.63, 3.8) is 0 Å². The van der Waals surface area contributed by atoms with Gasteiger partial charge < -0.3 is 24.8 Å². The molecule has 6 nitrogen and oxygen atoms in total. The molecule has 0 aliphatic carbocycles. The number of carbonyl (C=O) groups is 1. The van der Waals surface area contributed by atoms with E-state index in [2.05, 4.69) is 0 Å². The molecule has 1 aliphatic heterocycles. The lowest BCUT2D eigenvalue weighted by molar-refractivity contribution is 0.132. The van der Waals surface area contributed by atoms with E-state index in [1.54, 1.807) is 12.0 Å². The van der Waals surface area contributed by atoms with Crippen molar-refractivity contribution in [2.24, 2.45) is 5.73 Å². The van der Waals surface area contributed by atoms with E-state index in [1.807, 2.05) is 24.3 Å². The van der Waals surface area contributed by atoms with Crippen molar-refractivity contribution in [2.45, 2.75) is 6.10 Å². The number of methoxy groups -OCH3 is 1. The summed E-state index contributed by atoms with van der Waals surface area (Å²) in [5.74, 6) is 1.33.